The first-order valence-corrected chi connectivity index (χ1v) is 5.81. The molecular formula is C12H25N. The highest BCUT2D eigenvalue weighted by Gasteiger charge is 1.92. The van der Waals surface area contributed by atoms with Crippen molar-refractivity contribution in [2.45, 2.75) is 71.6 Å². The zero-order valence-corrected chi connectivity index (χ0v) is 9.36. The highest BCUT2D eigenvalue weighted by atomic mass is 14.4. The summed E-state index contributed by atoms with van der Waals surface area (Å²) in [5.41, 5.74) is 0.839. The van der Waals surface area contributed by atoms with Gasteiger partial charge in [0.25, 0.3) is 0 Å². The lowest BCUT2D eigenvalue weighted by molar-refractivity contribution is 0.580. The van der Waals surface area contributed by atoms with E-state index in [1.807, 2.05) is 6.92 Å². The molecular weight excluding hydrogens is 158 g/mol. The molecule has 1 nitrogen and oxygen atoms in total. The van der Waals surface area contributed by atoms with Crippen molar-refractivity contribution in [2.24, 2.45) is 0 Å². The van der Waals surface area contributed by atoms with Gasteiger partial charge in [-0.05, 0) is 19.8 Å². The number of rotatable bonds is 9. The van der Waals surface area contributed by atoms with Crippen LogP contribution in [-0.4, -0.2) is 5.71 Å². The Labute approximate surface area is 83.4 Å². The van der Waals surface area contributed by atoms with Gasteiger partial charge in [0.15, 0.2) is 0 Å². The van der Waals surface area contributed by atoms with Crippen molar-refractivity contribution in [3.05, 3.63) is 0 Å². The molecule has 0 spiro atoms. The molecule has 0 saturated carbocycles. The van der Waals surface area contributed by atoms with E-state index >= 15 is 0 Å². The minimum absolute atomic E-state index is 0.839. The molecule has 13 heavy (non-hydrogen) atoms. The summed E-state index contributed by atoms with van der Waals surface area (Å²) in [4.78, 5) is 0. The standard InChI is InChI=1S/C12H25N/c1-3-4-5-6-7-8-9-10-11-12(2)13/h13H,3-11H2,1-2H3. The van der Waals surface area contributed by atoms with Crippen LogP contribution >= 0.6 is 0 Å². The van der Waals surface area contributed by atoms with Crippen LogP contribution in [-0.2, 0) is 0 Å². The van der Waals surface area contributed by atoms with Crippen LogP contribution < -0.4 is 0 Å². The fraction of sp³-hybridized carbons (Fsp3) is 0.917. The van der Waals surface area contributed by atoms with E-state index < -0.39 is 0 Å². The Bertz CT molecular complexity index is 118. The van der Waals surface area contributed by atoms with Crippen LogP contribution in [0.4, 0.5) is 0 Å². The molecule has 0 aliphatic rings. The van der Waals surface area contributed by atoms with Crippen molar-refractivity contribution in [2.75, 3.05) is 0 Å². The van der Waals surface area contributed by atoms with Crippen molar-refractivity contribution in [1.29, 1.82) is 5.41 Å². The van der Waals surface area contributed by atoms with Gasteiger partial charge in [-0.2, -0.15) is 0 Å². The first-order chi connectivity index (χ1) is 6.27. The van der Waals surface area contributed by atoms with Crippen LogP contribution in [0, 0.1) is 5.41 Å². The topological polar surface area (TPSA) is 23.9 Å². The lowest BCUT2D eigenvalue weighted by Gasteiger charge is -2.00. The maximum Gasteiger partial charge on any atom is 0.00582 e. The van der Waals surface area contributed by atoms with E-state index in [1.165, 1.54) is 51.4 Å². The molecule has 0 saturated heterocycles. The summed E-state index contributed by atoms with van der Waals surface area (Å²) in [5, 5.41) is 7.27. The van der Waals surface area contributed by atoms with E-state index in [1.54, 1.807) is 0 Å². The fourth-order valence-corrected chi connectivity index (χ4v) is 1.52. The van der Waals surface area contributed by atoms with Crippen molar-refractivity contribution in [3.63, 3.8) is 0 Å². The Kier molecular flexibility index (Phi) is 9.51. The van der Waals surface area contributed by atoms with Gasteiger partial charge in [0, 0.05) is 5.71 Å². The first-order valence-electron chi connectivity index (χ1n) is 5.81. The second kappa shape index (κ2) is 9.76. The maximum absolute atomic E-state index is 7.27. The molecule has 0 atom stereocenters. The van der Waals surface area contributed by atoms with Gasteiger partial charge in [0.1, 0.15) is 0 Å². The van der Waals surface area contributed by atoms with E-state index in [2.05, 4.69) is 6.92 Å². The second-order valence-corrected chi connectivity index (χ2v) is 4.01. The summed E-state index contributed by atoms with van der Waals surface area (Å²) in [5.74, 6) is 0. The molecule has 0 aliphatic carbocycles. The third kappa shape index (κ3) is 11.7. The summed E-state index contributed by atoms with van der Waals surface area (Å²) in [6, 6.07) is 0. The highest BCUT2D eigenvalue weighted by molar-refractivity contribution is 5.78. The van der Waals surface area contributed by atoms with E-state index in [4.69, 9.17) is 5.41 Å². The Morgan fingerprint density at radius 3 is 1.77 bits per heavy atom. The molecule has 78 valence electrons. The van der Waals surface area contributed by atoms with E-state index in [9.17, 15) is 0 Å². The van der Waals surface area contributed by atoms with Crippen molar-refractivity contribution in [1.82, 2.24) is 0 Å². The summed E-state index contributed by atoms with van der Waals surface area (Å²) < 4.78 is 0. The number of nitrogens with one attached hydrogen (secondary N) is 1. The van der Waals surface area contributed by atoms with Gasteiger partial charge in [0.2, 0.25) is 0 Å². The molecule has 0 aromatic heterocycles. The number of unbranched alkanes of at least 4 members (excludes halogenated alkanes) is 7. The Balaban J connectivity index is 2.87. The lowest BCUT2D eigenvalue weighted by Crippen LogP contribution is -1.88. The molecule has 0 rings (SSSR count). The minimum atomic E-state index is 0.839. The minimum Gasteiger partial charge on any atom is -0.310 e. The van der Waals surface area contributed by atoms with E-state index in [-0.39, 0.29) is 0 Å². The number of hydrogen-bond donors (Lipinski definition) is 1. The van der Waals surface area contributed by atoms with Crippen molar-refractivity contribution < 1.29 is 0 Å². The lowest BCUT2D eigenvalue weighted by atomic mass is 10.1. The number of hydrogen-bond acceptors (Lipinski definition) is 1. The third-order valence-corrected chi connectivity index (χ3v) is 2.41. The quantitative estimate of drug-likeness (QED) is 0.400. The van der Waals surface area contributed by atoms with Gasteiger partial charge in [-0.3, -0.25) is 0 Å². The van der Waals surface area contributed by atoms with Gasteiger partial charge in [-0.25, -0.2) is 0 Å². The molecule has 1 N–H and O–H groups in total. The molecule has 0 unspecified atom stereocenters. The SMILES string of the molecule is CCCCCCCCCCC(C)=N. The van der Waals surface area contributed by atoms with Crippen molar-refractivity contribution >= 4 is 5.71 Å². The molecule has 0 aromatic rings. The molecule has 0 bridgehead atoms. The zero-order chi connectivity index (χ0) is 9.94. The highest BCUT2D eigenvalue weighted by Crippen LogP contribution is 2.09. The van der Waals surface area contributed by atoms with E-state index in [0.29, 0.717) is 0 Å². The predicted octanol–water partition coefficient (Wildman–Crippen LogP) is 4.56. The summed E-state index contributed by atoms with van der Waals surface area (Å²) in [7, 11) is 0. The predicted molar refractivity (Wildman–Crippen MR) is 60.6 cm³/mol. The van der Waals surface area contributed by atoms with Gasteiger partial charge in [-0.15, -0.1) is 0 Å². The molecule has 0 heterocycles. The summed E-state index contributed by atoms with van der Waals surface area (Å²) in [6.45, 7) is 4.16. The maximum atomic E-state index is 7.27. The van der Waals surface area contributed by atoms with Gasteiger partial charge in [0.05, 0.1) is 0 Å². The van der Waals surface area contributed by atoms with E-state index in [0.717, 1.165) is 12.1 Å². The van der Waals surface area contributed by atoms with Crippen LogP contribution in [0.25, 0.3) is 0 Å². The first kappa shape index (κ1) is 12.7. The zero-order valence-electron chi connectivity index (χ0n) is 9.36. The Morgan fingerprint density at radius 2 is 1.31 bits per heavy atom. The van der Waals surface area contributed by atoms with Crippen LogP contribution in [0.1, 0.15) is 71.6 Å². The van der Waals surface area contributed by atoms with Crippen LogP contribution in [0.5, 0.6) is 0 Å². The third-order valence-electron chi connectivity index (χ3n) is 2.41. The van der Waals surface area contributed by atoms with Gasteiger partial charge < -0.3 is 5.41 Å². The summed E-state index contributed by atoms with van der Waals surface area (Å²) >= 11 is 0. The molecule has 1 heteroatoms. The normalized spacial score (nSPS) is 10.3. The van der Waals surface area contributed by atoms with Crippen LogP contribution in [0.2, 0.25) is 0 Å². The second-order valence-electron chi connectivity index (χ2n) is 4.01. The van der Waals surface area contributed by atoms with Gasteiger partial charge >= 0.3 is 0 Å². The monoisotopic (exact) mass is 183 g/mol. The molecule has 0 aromatic carbocycles. The van der Waals surface area contributed by atoms with Crippen LogP contribution in [0.3, 0.4) is 0 Å². The molecule has 0 amide bonds. The Hall–Kier alpha value is -0.330. The molecule has 0 aliphatic heterocycles. The largest absolute Gasteiger partial charge is 0.310 e. The average molecular weight is 183 g/mol. The fourth-order valence-electron chi connectivity index (χ4n) is 1.52. The van der Waals surface area contributed by atoms with Crippen LogP contribution in [0.15, 0.2) is 0 Å². The Morgan fingerprint density at radius 1 is 0.846 bits per heavy atom. The molecule has 0 fully saturated rings. The average Bonchev–Trinajstić information content (AvgIpc) is 2.09. The smallest absolute Gasteiger partial charge is 0.00582 e. The summed E-state index contributed by atoms with van der Waals surface area (Å²) in [6.07, 6.45) is 11.9. The molecule has 0 radical (unpaired) electrons. The van der Waals surface area contributed by atoms with Gasteiger partial charge in [-0.1, -0.05) is 51.9 Å². The van der Waals surface area contributed by atoms with Crippen molar-refractivity contribution in [3.8, 4) is 0 Å².